The summed E-state index contributed by atoms with van der Waals surface area (Å²) in [6.45, 7) is 1.58. The molecule has 0 radical (unpaired) electrons. The molecular weight excluding hydrogens is 439 g/mol. The molecule has 1 atom stereocenters. The van der Waals surface area contributed by atoms with Crippen LogP contribution in [0.2, 0.25) is 0 Å². The first-order chi connectivity index (χ1) is 15.3. The van der Waals surface area contributed by atoms with Gasteiger partial charge in [0.05, 0.1) is 21.8 Å². The van der Waals surface area contributed by atoms with Crippen molar-refractivity contribution in [2.24, 2.45) is 0 Å². The Morgan fingerprint density at radius 2 is 1.75 bits per heavy atom. The van der Waals surface area contributed by atoms with Gasteiger partial charge in [-0.15, -0.1) is 0 Å². The summed E-state index contributed by atoms with van der Waals surface area (Å²) in [6, 6.07) is 14.8. The van der Waals surface area contributed by atoms with E-state index in [1.54, 1.807) is 31.2 Å². The average Bonchev–Trinajstić information content (AvgIpc) is 2.75. The van der Waals surface area contributed by atoms with Crippen LogP contribution in [0.5, 0.6) is 0 Å². The number of nitrogens with one attached hydrogen (secondary N) is 1. The molecule has 32 heavy (non-hydrogen) atoms. The lowest BCUT2D eigenvalue weighted by Gasteiger charge is -2.17. The van der Waals surface area contributed by atoms with Crippen molar-refractivity contribution in [3.63, 3.8) is 0 Å². The highest BCUT2D eigenvalue weighted by molar-refractivity contribution is 8.00. The molecule has 0 bridgehead atoms. The summed E-state index contributed by atoms with van der Waals surface area (Å²) in [5.74, 6) is -2.69. The minimum absolute atomic E-state index is 0.0566. The number of fused-ring (bicyclic) bond motifs is 1. The first-order valence-corrected chi connectivity index (χ1v) is 10.4. The highest BCUT2D eigenvalue weighted by Crippen LogP contribution is 2.27. The minimum atomic E-state index is -0.942. The zero-order chi connectivity index (χ0) is 22.8. The van der Waals surface area contributed by atoms with Gasteiger partial charge in [0.25, 0.3) is 5.56 Å². The van der Waals surface area contributed by atoms with Crippen LogP contribution >= 0.6 is 11.8 Å². The van der Waals surface area contributed by atoms with E-state index in [-0.39, 0.29) is 21.9 Å². The van der Waals surface area contributed by atoms with Gasteiger partial charge in [-0.1, -0.05) is 30.0 Å². The van der Waals surface area contributed by atoms with Gasteiger partial charge in [0, 0.05) is 11.8 Å². The predicted octanol–water partition coefficient (Wildman–Crippen LogP) is 4.92. The molecular formula is C23H16F3N3O2S. The maximum atomic E-state index is 14.6. The molecule has 1 aromatic heterocycles. The number of hydrogen-bond acceptors (Lipinski definition) is 4. The van der Waals surface area contributed by atoms with Crippen LogP contribution in [-0.4, -0.2) is 20.7 Å². The molecule has 4 aromatic rings. The molecule has 5 nitrogen and oxygen atoms in total. The van der Waals surface area contributed by atoms with Crippen LogP contribution in [0.3, 0.4) is 0 Å². The third kappa shape index (κ3) is 4.38. The van der Waals surface area contributed by atoms with Gasteiger partial charge < -0.3 is 5.32 Å². The van der Waals surface area contributed by atoms with Crippen LogP contribution < -0.4 is 10.9 Å². The van der Waals surface area contributed by atoms with Gasteiger partial charge in [-0.3, -0.25) is 14.2 Å². The summed E-state index contributed by atoms with van der Waals surface area (Å²) in [4.78, 5) is 30.3. The monoisotopic (exact) mass is 455 g/mol. The first kappa shape index (κ1) is 21.6. The number of anilines is 1. The van der Waals surface area contributed by atoms with Crippen molar-refractivity contribution in [1.29, 1.82) is 0 Å². The Morgan fingerprint density at radius 3 is 2.50 bits per heavy atom. The maximum absolute atomic E-state index is 14.6. The van der Waals surface area contributed by atoms with E-state index >= 15 is 0 Å². The number of carbonyl (C=O) groups excluding carboxylic acids is 1. The zero-order valence-corrected chi connectivity index (χ0v) is 17.5. The molecule has 0 aliphatic rings. The SMILES string of the molecule is CC(Sc1nc2ccccc2c(=O)n1-c1ccc(F)cc1F)C(=O)Nc1cccc(F)c1. The topological polar surface area (TPSA) is 64.0 Å². The molecule has 3 aromatic carbocycles. The quantitative estimate of drug-likeness (QED) is 0.343. The highest BCUT2D eigenvalue weighted by Gasteiger charge is 2.22. The smallest absolute Gasteiger partial charge is 0.266 e. The Morgan fingerprint density at radius 1 is 1.00 bits per heavy atom. The highest BCUT2D eigenvalue weighted by atomic mass is 32.2. The molecule has 0 aliphatic heterocycles. The van der Waals surface area contributed by atoms with E-state index < -0.39 is 34.2 Å². The zero-order valence-electron chi connectivity index (χ0n) is 16.7. The first-order valence-electron chi connectivity index (χ1n) is 9.54. The number of aromatic nitrogens is 2. The number of benzene rings is 3. The molecule has 1 N–H and O–H groups in total. The van der Waals surface area contributed by atoms with E-state index in [9.17, 15) is 22.8 Å². The van der Waals surface area contributed by atoms with Gasteiger partial charge in [-0.25, -0.2) is 18.2 Å². The molecule has 0 aliphatic carbocycles. The van der Waals surface area contributed by atoms with Gasteiger partial charge in [0.2, 0.25) is 5.91 Å². The van der Waals surface area contributed by atoms with Crippen LogP contribution in [0.15, 0.2) is 76.7 Å². The second kappa shape index (κ2) is 8.88. The third-order valence-corrected chi connectivity index (χ3v) is 5.69. The molecule has 162 valence electrons. The van der Waals surface area contributed by atoms with Gasteiger partial charge >= 0.3 is 0 Å². The van der Waals surface area contributed by atoms with Crippen LogP contribution in [0.25, 0.3) is 16.6 Å². The van der Waals surface area contributed by atoms with E-state index in [0.29, 0.717) is 11.6 Å². The van der Waals surface area contributed by atoms with Crippen LogP contribution in [0.4, 0.5) is 18.9 Å². The Hall–Kier alpha value is -3.59. The van der Waals surface area contributed by atoms with Gasteiger partial charge in [-0.2, -0.15) is 0 Å². The fraction of sp³-hybridized carbons (Fsp3) is 0.0870. The summed E-state index contributed by atoms with van der Waals surface area (Å²) in [6.07, 6.45) is 0. The number of thioether (sulfide) groups is 1. The lowest BCUT2D eigenvalue weighted by Crippen LogP contribution is -2.26. The predicted molar refractivity (Wildman–Crippen MR) is 118 cm³/mol. The van der Waals surface area contributed by atoms with Crippen LogP contribution in [-0.2, 0) is 4.79 Å². The number of nitrogens with zero attached hydrogens (tertiary/aromatic N) is 2. The summed E-state index contributed by atoms with van der Waals surface area (Å²) in [5.41, 5.74) is -0.0939. The van der Waals surface area contributed by atoms with E-state index in [0.717, 1.165) is 28.5 Å². The summed E-state index contributed by atoms with van der Waals surface area (Å²) >= 11 is 0.924. The van der Waals surface area contributed by atoms with Crippen molar-refractivity contribution >= 4 is 34.3 Å². The Kier molecular flexibility index (Phi) is 6.00. The molecule has 1 amide bonds. The number of halogens is 3. The normalized spacial score (nSPS) is 12.0. The minimum Gasteiger partial charge on any atom is -0.325 e. The van der Waals surface area contributed by atoms with Crippen molar-refractivity contribution in [2.45, 2.75) is 17.3 Å². The molecule has 1 heterocycles. The van der Waals surface area contributed by atoms with Gasteiger partial charge in [0.1, 0.15) is 17.5 Å². The second-order valence-electron chi connectivity index (χ2n) is 6.91. The lowest BCUT2D eigenvalue weighted by molar-refractivity contribution is -0.115. The van der Waals surface area contributed by atoms with E-state index in [1.165, 1.54) is 24.3 Å². The van der Waals surface area contributed by atoms with E-state index in [2.05, 4.69) is 10.3 Å². The number of amides is 1. The number of para-hydroxylation sites is 1. The third-order valence-electron chi connectivity index (χ3n) is 4.64. The Balaban J connectivity index is 1.75. The van der Waals surface area contributed by atoms with Crippen molar-refractivity contribution < 1.29 is 18.0 Å². The summed E-state index contributed by atoms with van der Waals surface area (Å²) in [7, 11) is 0. The fourth-order valence-electron chi connectivity index (χ4n) is 3.09. The Bertz CT molecular complexity index is 1390. The van der Waals surface area contributed by atoms with Crippen molar-refractivity contribution in [3.05, 3.63) is 94.5 Å². The molecule has 9 heteroatoms. The van der Waals surface area contributed by atoms with Gasteiger partial charge in [-0.05, 0) is 49.4 Å². The fourth-order valence-corrected chi connectivity index (χ4v) is 4.01. The maximum Gasteiger partial charge on any atom is 0.266 e. The number of rotatable bonds is 5. The summed E-state index contributed by atoms with van der Waals surface area (Å²) in [5, 5.41) is 2.12. The van der Waals surface area contributed by atoms with Gasteiger partial charge in [0.15, 0.2) is 5.16 Å². The number of hydrogen-bond donors (Lipinski definition) is 1. The van der Waals surface area contributed by atoms with Crippen molar-refractivity contribution in [3.8, 4) is 5.69 Å². The van der Waals surface area contributed by atoms with Crippen LogP contribution in [0, 0.1) is 17.5 Å². The second-order valence-corrected chi connectivity index (χ2v) is 8.22. The lowest BCUT2D eigenvalue weighted by atomic mass is 10.2. The molecule has 0 saturated carbocycles. The standard InChI is InChI=1S/C23H16F3N3O2S/c1-13(21(30)27-16-6-4-5-14(24)11-16)32-23-28-19-8-3-2-7-17(19)22(31)29(23)20-10-9-15(25)12-18(20)26/h2-13H,1H3,(H,27,30). The largest absolute Gasteiger partial charge is 0.325 e. The van der Waals surface area contributed by atoms with E-state index in [4.69, 9.17) is 0 Å². The Labute approximate surface area is 184 Å². The molecule has 4 rings (SSSR count). The average molecular weight is 455 g/mol. The summed E-state index contributed by atoms with van der Waals surface area (Å²) < 4.78 is 42.4. The molecule has 0 fully saturated rings. The van der Waals surface area contributed by atoms with Crippen LogP contribution in [0.1, 0.15) is 6.92 Å². The van der Waals surface area contributed by atoms with Crippen molar-refractivity contribution in [2.75, 3.05) is 5.32 Å². The molecule has 1 unspecified atom stereocenters. The number of carbonyl (C=O) groups is 1. The molecule has 0 spiro atoms. The molecule has 0 saturated heterocycles. The van der Waals surface area contributed by atoms with Crippen molar-refractivity contribution in [1.82, 2.24) is 9.55 Å². The van der Waals surface area contributed by atoms with E-state index in [1.807, 2.05) is 0 Å².